The van der Waals surface area contributed by atoms with Gasteiger partial charge in [-0.2, -0.15) is 0 Å². The minimum atomic E-state index is 0.772. The first-order chi connectivity index (χ1) is 13.3. The van der Waals surface area contributed by atoms with Gasteiger partial charge in [-0.1, -0.05) is 41.6 Å². The van der Waals surface area contributed by atoms with Gasteiger partial charge in [-0.25, -0.2) is 0 Å². The normalized spacial score (nSPS) is 14.6. The zero-order chi connectivity index (χ0) is 18.2. The van der Waals surface area contributed by atoms with Gasteiger partial charge in [0.1, 0.15) is 0 Å². The zero-order valence-electron chi connectivity index (χ0n) is 14.5. The van der Waals surface area contributed by atoms with Crippen molar-refractivity contribution in [2.24, 2.45) is 5.16 Å². The van der Waals surface area contributed by atoms with Gasteiger partial charge in [0.2, 0.25) is 0 Å². The largest absolute Gasteiger partial charge is 0.411 e. The van der Waals surface area contributed by atoms with E-state index in [1.165, 1.54) is 21.4 Å². The number of rotatable bonds is 3. The number of pyridine rings is 1. The van der Waals surface area contributed by atoms with Crippen LogP contribution in [0.1, 0.15) is 17.5 Å². The van der Waals surface area contributed by atoms with Gasteiger partial charge in [-0.3, -0.25) is 4.98 Å². The third-order valence-electron chi connectivity index (χ3n) is 4.97. The Kier molecular flexibility index (Phi) is 3.87. The van der Waals surface area contributed by atoms with Gasteiger partial charge < -0.3 is 10.5 Å². The topological polar surface area (TPSA) is 57.5 Å². The van der Waals surface area contributed by atoms with Crippen LogP contribution in [-0.4, -0.2) is 15.9 Å². The molecule has 0 fully saturated rings. The highest BCUT2D eigenvalue weighted by atomic mass is 32.1. The fourth-order valence-electron chi connectivity index (χ4n) is 3.66. The van der Waals surface area contributed by atoms with Crippen LogP contribution in [0, 0.1) is 0 Å². The van der Waals surface area contributed by atoms with Crippen LogP contribution in [-0.2, 0) is 6.42 Å². The summed E-state index contributed by atoms with van der Waals surface area (Å²) >= 11 is 1.75. The van der Waals surface area contributed by atoms with Crippen molar-refractivity contribution in [1.29, 1.82) is 0 Å². The van der Waals surface area contributed by atoms with Crippen LogP contribution in [0.5, 0.6) is 0 Å². The highest BCUT2D eigenvalue weighted by molar-refractivity contribution is 7.23. The summed E-state index contributed by atoms with van der Waals surface area (Å²) in [5.74, 6) is 0. The number of hydrogen-bond acceptors (Lipinski definition) is 5. The van der Waals surface area contributed by atoms with E-state index in [1.54, 1.807) is 11.3 Å². The van der Waals surface area contributed by atoms with Crippen molar-refractivity contribution in [3.05, 3.63) is 78.1 Å². The standard InChI is InChI=1S/C22H17N3OS/c26-25-19-9-6-15-12-16(7-8-17(15)19)24-21-18-10-11-23-13-20(18)27-22(21)14-4-2-1-3-5-14/h1-5,7-8,10-13,24,26H,6,9H2/b25-19-. The molecule has 1 aliphatic carbocycles. The quantitative estimate of drug-likeness (QED) is 0.352. The van der Waals surface area contributed by atoms with E-state index >= 15 is 0 Å². The van der Waals surface area contributed by atoms with E-state index in [1.807, 2.05) is 24.5 Å². The monoisotopic (exact) mass is 371 g/mol. The first-order valence-corrected chi connectivity index (χ1v) is 9.68. The molecule has 2 N–H and O–H groups in total. The number of anilines is 2. The molecule has 4 nitrogen and oxygen atoms in total. The van der Waals surface area contributed by atoms with Crippen molar-refractivity contribution in [3.63, 3.8) is 0 Å². The minimum absolute atomic E-state index is 0.772. The third-order valence-corrected chi connectivity index (χ3v) is 6.16. The first kappa shape index (κ1) is 16.0. The summed E-state index contributed by atoms with van der Waals surface area (Å²) in [4.78, 5) is 5.48. The molecule has 132 valence electrons. The predicted octanol–water partition coefficient (Wildman–Crippen LogP) is 5.83. The number of benzene rings is 2. The zero-order valence-corrected chi connectivity index (χ0v) is 15.3. The first-order valence-electron chi connectivity index (χ1n) is 8.86. The van der Waals surface area contributed by atoms with Crippen LogP contribution in [0.15, 0.2) is 72.1 Å². The van der Waals surface area contributed by atoms with E-state index in [-0.39, 0.29) is 0 Å². The Morgan fingerprint density at radius 1 is 1.04 bits per heavy atom. The van der Waals surface area contributed by atoms with Crippen LogP contribution in [0.3, 0.4) is 0 Å². The number of oxime groups is 1. The molecular weight excluding hydrogens is 354 g/mol. The lowest BCUT2D eigenvalue weighted by atomic mass is 10.1. The number of aryl methyl sites for hydroxylation is 1. The molecule has 0 saturated carbocycles. The Labute approximate surface area is 160 Å². The molecule has 0 radical (unpaired) electrons. The molecule has 0 unspecified atom stereocenters. The van der Waals surface area contributed by atoms with E-state index in [0.717, 1.165) is 40.2 Å². The van der Waals surface area contributed by atoms with Crippen molar-refractivity contribution in [3.8, 4) is 10.4 Å². The Morgan fingerprint density at radius 3 is 2.78 bits per heavy atom. The van der Waals surface area contributed by atoms with E-state index in [2.05, 4.69) is 57.9 Å². The fraction of sp³-hybridized carbons (Fsp3) is 0.0909. The average Bonchev–Trinajstić information content (AvgIpc) is 3.30. The summed E-state index contributed by atoms with van der Waals surface area (Å²) < 4.78 is 1.16. The minimum Gasteiger partial charge on any atom is -0.411 e. The average molecular weight is 371 g/mol. The van der Waals surface area contributed by atoms with Crippen LogP contribution >= 0.6 is 11.3 Å². The molecular formula is C22H17N3OS. The number of aromatic nitrogens is 1. The lowest BCUT2D eigenvalue weighted by Crippen LogP contribution is -1.96. The number of nitrogens with one attached hydrogen (secondary N) is 1. The second kappa shape index (κ2) is 6.52. The van der Waals surface area contributed by atoms with Gasteiger partial charge in [-0.15, -0.1) is 11.3 Å². The predicted molar refractivity (Wildman–Crippen MR) is 111 cm³/mol. The molecule has 0 aliphatic heterocycles. The van der Waals surface area contributed by atoms with Crippen LogP contribution in [0.4, 0.5) is 11.4 Å². The van der Waals surface area contributed by atoms with Crippen molar-refractivity contribution in [2.45, 2.75) is 12.8 Å². The second-order valence-corrected chi connectivity index (χ2v) is 7.64. The number of hydrogen-bond donors (Lipinski definition) is 2. The highest BCUT2D eigenvalue weighted by Crippen LogP contribution is 2.43. The summed E-state index contributed by atoms with van der Waals surface area (Å²) in [7, 11) is 0. The van der Waals surface area contributed by atoms with E-state index in [0.29, 0.717) is 0 Å². The highest BCUT2D eigenvalue weighted by Gasteiger charge is 2.19. The molecule has 0 atom stereocenters. The number of thiophene rings is 1. The second-order valence-electron chi connectivity index (χ2n) is 6.59. The summed E-state index contributed by atoms with van der Waals surface area (Å²) in [5, 5.41) is 17.4. The van der Waals surface area contributed by atoms with Crippen molar-refractivity contribution in [1.82, 2.24) is 4.98 Å². The van der Waals surface area contributed by atoms with Gasteiger partial charge in [-0.05, 0) is 42.2 Å². The van der Waals surface area contributed by atoms with Crippen molar-refractivity contribution < 1.29 is 5.21 Å². The molecule has 0 bridgehead atoms. The van der Waals surface area contributed by atoms with Gasteiger partial charge >= 0.3 is 0 Å². The van der Waals surface area contributed by atoms with E-state index in [4.69, 9.17) is 5.21 Å². The number of nitrogens with zero attached hydrogens (tertiary/aromatic N) is 2. The summed E-state index contributed by atoms with van der Waals surface area (Å²) in [6.07, 6.45) is 5.45. The maximum absolute atomic E-state index is 9.14. The lowest BCUT2D eigenvalue weighted by Gasteiger charge is -2.11. The Morgan fingerprint density at radius 2 is 1.93 bits per heavy atom. The summed E-state index contributed by atoms with van der Waals surface area (Å²) in [6.45, 7) is 0. The van der Waals surface area contributed by atoms with Gasteiger partial charge in [0.15, 0.2) is 0 Å². The maximum atomic E-state index is 9.14. The Hall–Kier alpha value is -3.18. The molecule has 2 heterocycles. The van der Waals surface area contributed by atoms with Gasteiger partial charge in [0.05, 0.1) is 21.0 Å². The van der Waals surface area contributed by atoms with Crippen LogP contribution in [0.25, 0.3) is 20.5 Å². The molecule has 2 aromatic heterocycles. The molecule has 1 aliphatic rings. The summed E-state index contributed by atoms with van der Waals surface area (Å²) in [6, 6.07) is 18.7. The maximum Gasteiger partial charge on any atom is 0.0873 e. The molecule has 2 aromatic carbocycles. The third kappa shape index (κ3) is 2.76. The van der Waals surface area contributed by atoms with Gasteiger partial charge in [0, 0.05) is 29.0 Å². The van der Waals surface area contributed by atoms with Gasteiger partial charge in [0.25, 0.3) is 0 Å². The molecule has 27 heavy (non-hydrogen) atoms. The Bertz CT molecular complexity index is 1160. The van der Waals surface area contributed by atoms with Crippen molar-refractivity contribution >= 4 is 38.5 Å². The molecule has 5 rings (SSSR count). The van der Waals surface area contributed by atoms with Crippen LogP contribution < -0.4 is 5.32 Å². The SMILES string of the molecule is O/N=C1/CCc2cc(Nc3c(-c4ccccc4)sc4cnccc34)ccc21. The number of fused-ring (bicyclic) bond motifs is 2. The van der Waals surface area contributed by atoms with E-state index in [9.17, 15) is 0 Å². The molecule has 0 saturated heterocycles. The summed E-state index contributed by atoms with van der Waals surface area (Å²) in [5.41, 5.74) is 6.38. The Balaban J connectivity index is 1.61. The van der Waals surface area contributed by atoms with E-state index < -0.39 is 0 Å². The van der Waals surface area contributed by atoms with Crippen LogP contribution in [0.2, 0.25) is 0 Å². The smallest absolute Gasteiger partial charge is 0.0873 e. The lowest BCUT2D eigenvalue weighted by molar-refractivity contribution is 0.318. The molecule has 4 aromatic rings. The molecule has 0 spiro atoms. The van der Waals surface area contributed by atoms with Crippen molar-refractivity contribution in [2.75, 3.05) is 5.32 Å². The fourth-order valence-corrected chi connectivity index (χ4v) is 4.79. The molecule has 5 heteroatoms. The molecule has 0 amide bonds.